The average Bonchev–Trinajstić information content (AvgIpc) is 2.47. The maximum Gasteiger partial charge on any atom is 0.300 e. The lowest BCUT2D eigenvalue weighted by Crippen LogP contribution is -2.42. The molecule has 0 saturated carbocycles. The molecule has 0 radical (unpaired) electrons. The Morgan fingerprint density at radius 1 is 1.23 bits per heavy atom. The highest BCUT2D eigenvalue weighted by Gasteiger charge is 2.33. The van der Waals surface area contributed by atoms with Crippen LogP contribution in [-0.2, 0) is 10.4 Å². The maximum absolute atomic E-state index is 10.7. The van der Waals surface area contributed by atoms with E-state index in [1.165, 1.54) is 19.4 Å². The number of likely N-dealkylation sites (tertiary alicyclic amines) is 1. The van der Waals surface area contributed by atoms with Gasteiger partial charge >= 0.3 is 0 Å². The molecule has 1 fully saturated rings. The van der Waals surface area contributed by atoms with E-state index in [2.05, 4.69) is 11.8 Å². The quantitative estimate of drug-likeness (QED) is 0.890. The molecule has 1 aliphatic heterocycles. The standard InChI is InChI=1S/C15H23NO.C2H4O2.ClH/c1-2-3-11-16-12-9-15(17,10-13-16)14-7-5-4-6-8-14;1-2(3)4;/h4-8,17H,2-3,9-13H2,1H3;1H3,(H,3,4);1H. The van der Waals surface area contributed by atoms with Gasteiger partial charge in [0.15, 0.2) is 0 Å². The molecule has 0 aliphatic carbocycles. The van der Waals surface area contributed by atoms with Crippen molar-refractivity contribution in [3.63, 3.8) is 0 Å². The molecule has 1 aliphatic rings. The van der Waals surface area contributed by atoms with Crippen molar-refractivity contribution >= 4 is 18.4 Å². The topological polar surface area (TPSA) is 60.8 Å². The number of aliphatic hydroxyl groups is 1. The molecule has 0 unspecified atom stereocenters. The number of aliphatic carboxylic acids is 1. The monoisotopic (exact) mass is 329 g/mol. The Kier molecular flexibility index (Phi) is 10.1. The first kappa shape index (κ1) is 20.9. The zero-order valence-corrected chi connectivity index (χ0v) is 14.3. The molecule has 126 valence electrons. The molecule has 0 spiro atoms. The fourth-order valence-electron chi connectivity index (χ4n) is 2.57. The number of hydrogen-bond donors (Lipinski definition) is 2. The van der Waals surface area contributed by atoms with Crippen molar-refractivity contribution in [1.29, 1.82) is 0 Å². The molecule has 0 atom stereocenters. The van der Waals surface area contributed by atoms with Gasteiger partial charge in [0.25, 0.3) is 5.97 Å². The Bertz CT molecular complexity index is 413. The summed E-state index contributed by atoms with van der Waals surface area (Å²) in [4.78, 5) is 11.5. The second-order valence-corrected chi connectivity index (χ2v) is 5.61. The Hall–Kier alpha value is -1.10. The molecule has 5 heteroatoms. The highest BCUT2D eigenvalue weighted by Crippen LogP contribution is 2.32. The van der Waals surface area contributed by atoms with Gasteiger partial charge in [0.05, 0.1) is 5.60 Å². The van der Waals surface area contributed by atoms with Crippen LogP contribution in [0.2, 0.25) is 0 Å². The normalized spacial score (nSPS) is 16.9. The summed E-state index contributed by atoms with van der Waals surface area (Å²) in [6.07, 6.45) is 4.24. The van der Waals surface area contributed by atoms with Gasteiger partial charge in [-0.3, -0.25) is 4.79 Å². The number of piperidine rings is 1. The van der Waals surface area contributed by atoms with E-state index in [9.17, 15) is 5.11 Å². The fraction of sp³-hybridized carbons (Fsp3) is 0.588. The van der Waals surface area contributed by atoms with E-state index in [1.807, 2.05) is 30.3 Å². The van der Waals surface area contributed by atoms with Gasteiger partial charge in [-0.15, -0.1) is 12.4 Å². The lowest BCUT2D eigenvalue weighted by molar-refractivity contribution is -0.134. The van der Waals surface area contributed by atoms with Crippen LogP contribution in [0, 0.1) is 0 Å². The van der Waals surface area contributed by atoms with Crippen LogP contribution >= 0.6 is 12.4 Å². The summed E-state index contributed by atoms with van der Waals surface area (Å²) in [6.45, 7) is 6.53. The van der Waals surface area contributed by atoms with Crippen molar-refractivity contribution in [3.05, 3.63) is 35.9 Å². The Labute approximate surface area is 139 Å². The van der Waals surface area contributed by atoms with Gasteiger partial charge in [0.1, 0.15) is 0 Å². The van der Waals surface area contributed by atoms with Crippen molar-refractivity contribution in [1.82, 2.24) is 4.90 Å². The second kappa shape index (κ2) is 10.6. The van der Waals surface area contributed by atoms with Crippen molar-refractivity contribution in [2.45, 2.75) is 45.1 Å². The first-order chi connectivity index (χ1) is 9.98. The van der Waals surface area contributed by atoms with Gasteiger partial charge in [0, 0.05) is 20.0 Å². The number of rotatable bonds is 4. The highest BCUT2D eigenvalue weighted by molar-refractivity contribution is 5.85. The molecule has 2 N–H and O–H groups in total. The number of halogens is 1. The zero-order chi connectivity index (χ0) is 15.7. The van der Waals surface area contributed by atoms with E-state index in [4.69, 9.17) is 9.90 Å². The third-order valence-corrected chi connectivity index (χ3v) is 3.82. The largest absolute Gasteiger partial charge is 0.481 e. The molecule has 22 heavy (non-hydrogen) atoms. The number of benzene rings is 1. The number of nitrogens with zero attached hydrogens (tertiary/aromatic N) is 1. The van der Waals surface area contributed by atoms with E-state index < -0.39 is 11.6 Å². The van der Waals surface area contributed by atoms with E-state index in [0.29, 0.717) is 0 Å². The average molecular weight is 330 g/mol. The number of carboxylic acids is 1. The van der Waals surface area contributed by atoms with Gasteiger partial charge in [-0.1, -0.05) is 43.7 Å². The molecule has 0 bridgehead atoms. The molecule has 1 aromatic rings. The Balaban J connectivity index is 0.000000791. The van der Waals surface area contributed by atoms with Crippen LogP contribution in [0.3, 0.4) is 0 Å². The molecule has 4 nitrogen and oxygen atoms in total. The Morgan fingerprint density at radius 3 is 2.18 bits per heavy atom. The minimum absolute atomic E-state index is 0. The first-order valence-electron chi connectivity index (χ1n) is 7.67. The first-order valence-corrected chi connectivity index (χ1v) is 7.67. The van der Waals surface area contributed by atoms with Gasteiger partial charge in [-0.2, -0.15) is 0 Å². The lowest BCUT2D eigenvalue weighted by Gasteiger charge is -2.38. The maximum atomic E-state index is 10.7. The van der Waals surface area contributed by atoms with E-state index in [0.717, 1.165) is 38.4 Å². The predicted octanol–water partition coefficient (Wildman–Crippen LogP) is 3.28. The molecule has 0 amide bonds. The smallest absolute Gasteiger partial charge is 0.300 e. The van der Waals surface area contributed by atoms with Gasteiger partial charge in [0.2, 0.25) is 0 Å². The number of carboxylic acid groups (broad SMARTS) is 1. The summed E-state index contributed by atoms with van der Waals surface area (Å²) in [5.74, 6) is -0.833. The summed E-state index contributed by atoms with van der Waals surface area (Å²) in [7, 11) is 0. The SMILES string of the molecule is CC(=O)O.CCCCN1CCC(O)(c2ccccc2)CC1.Cl. The van der Waals surface area contributed by atoms with E-state index in [-0.39, 0.29) is 12.4 Å². The third-order valence-electron chi connectivity index (χ3n) is 3.82. The minimum atomic E-state index is -0.833. The summed E-state index contributed by atoms with van der Waals surface area (Å²) < 4.78 is 0. The number of carbonyl (C=O) groups is 1. The van der Waals surface area contributed by atoms with Crippen molar-refractivity contribution < 1.29 is 15.0 Å². The molecular weight excluding hydrogens is 302 g/mol. The third kappa shape index (κ3) is 7.25. The lowest BCUT2D eigenvalue weighted by atomic mass is 9.84. The highest BCUT2D eigenvalue weighted by atomic mass is 35.5. The van der Waals surface area contributed by atoms with Gasteiger partial charge < -0.3 is 15.1 Å². The fourth-order valence-corrected chi connectivity index (χ4v) is 2.57. The van der Waals surface area contributed by atoms with Crippen LogP contribution in [0.1, 0.15) is 45.1 Å². The summed E-state index contributed by atoms with van der Waals surface area (Å²) in [5, 5.41) is 18.1. The molecule has 0 aromatic heterocycles. The Morgan fingerprint density at radius 2 is 1.73 bits per heavy atom. The van der Waals surface area contributed by atoms with Gasteiger partial charge in [-0.05, 0) is 31.4 Å². The van der Waals surface area contributed by atoms with E-state index >= 15 is 0 Å². The van der Waals surface area contributed by atoms with Crippen molar-refractivity contribution in [2.75, 3.05) is 19.6 Å². The minimum Gasteiger partial charge on any atom is -0.481 e. The molecule has 2 rings (SSSR count). The van der Waals surface area contributed by atoms with Crippen LogP contribution in [0.25, 0.3) is 0 Å². The number of hydrogen-bond acceptors (Lipinski definition) is 3. The van der Waals surface area contributed by atoms with Crippen LogP contribution in [0.5, 0.6) is 0 Å². The zero-order valence-electron chi connectivity index (χ0n) is 13.5. The molecule has 1 heterocycles. The van der Waals surface area contributed by atoms with Gasteiger partial charge in [-0.25, -0.2) is 0 Å². The summed E-state index contributed by atoms with van der Waals surface area (Å²) in [5.41, 5.74) is 0.486. The second-order valence-electron chi connectivity index (χ2n) is 5.61. The van der Waals surface area contributed by atoms with E-state index in [1.54, 1.807) is 0 Å². The number of unbranched alkanes of at least 4 members (excludes halogenated alkanes) is 1. The molecular formula is C17H28ClNO3. The molecule has 1 saturated heterocycles. The van der Waals surface area contributed by atoms with Crippen LogP contribution < -0.4 is 0 Å². The van der Waals surface area contributed by atoms with Crippen molar-refractivity contribution in [3.8, 4) is 0 Å². The van der Waals surface area contributed by atoms with Crippen LogP contribution in [0.4, 0.5) is 0 Å². The van der Waals surface area contributed by atoms with Crippen LogP contribution in [-0.4, -0.2) is 40.7 Å². The predicted molar refractivity (Wildman–Crippen MR) is 91.5 cm³/mol. The summed E-state index contributed by atoms with van der Waals surface area (Å²) in [6, 6.07) is 10.1. The molecule has 1 aromatic carbocycles. The van der Waals surface area contributed by atoms with Crippen LogP contribution in [0.15, 0.2) is 30.3 Å². The van der Waals surface area contributed by atoms with Crippen molar-refractivity contribution in [2.24, 2.45) is 0 Å². The summed E-state index contributed by atoms with van der Waals surface area (Å²) >= 11 is 0.